The van der Waals surface area contributed by atoms with Crippen molar-refractivity contribution in [2.75, 3.05) is 19.4 Å². The van der Waals surface area contributed by atoms with E-state index in [1.165, 1.54) is 11.8 Å². The van der Waals surface area contributed by atoms with E-state index in [2.05, 4.69) is 10.2 Å². The monoisotopic (exact) mass is 251 g/mol. The highest BCUT2D eigenvalue weighted by atomic mass is 32.2. The first-order valence-electron chi connectivity index (χ1n) is 5.14. The third-order valence-corrected chi connectivity index (χ3v) is 2.92. The number of nitrogens with two attached hydrogens (primary N) is 1. The third-order valence-electron chi connectivity index (χ3n) is 2.07. The lowest BCUT2D eigenvalue weighted by atomic mass is 10.2. The molecule has 0 atom stereocenters. The van der Waals surface area contributed by atoms with Gasteiger partial charge in [0.1, 0.15) is 5.75 Å². The number of hydrogen-bond donors (Lipinski definition) is 1. The summed E-state index contributed by atoms with van der Waals surface area (Å²) in [6, 6.07) is 7.49. The number of hydrogen-bond acceptors (Lipinski definition) is 6. The fraction of sp³-hybridized carbons (Fsp3) is 0.273. The van der Waals surface area contributed by atoms with E-state index in [4.69, 9.17) is 14.9 Å². The molecule has 0 aliphatic heterocycles. The average molecular weight is 251 g/mol. The summed E-state index contributed by atoms with van der Waals surface area (Å²) in [5.41, 5.74) is 6.25. The van der Waals surface area contributed by atoms with Gasteiger partial charge < -0.3 is 14.9 Å². The highest BCUT2D eigenvalue weighted by Crippen LogP contribution is 2.25. The quantitative estimate of drug-likeness (QED) is 0.817. The Morgan fingerprint density at radius 2 is 2.29 bits per heavy atom. The van der Waals surface area contributed by atoms with Crippen LogP contribution in [0, 0.1) is 0 Å². The average Bonchev–Trinajstić information content (AvgIpc) is 2.85. The maximum Gasteiger partial charge on any atom is 0.276 e. The SMILES string of the molecule is COc1cccc(-c2nnc(SCCN)o2)c1. The van der Waals surface area contributed by atoms with Gasteiger partial charge in [0.05, 0.1) is 7.11 Å². The van der Waals surface area contributed by atoms with E-state index in [0.29, 0.717) is 17.7 Å². The normalized spacial score (nSPS) is 10.5. The summed E-state index contributed by atoms with van der Waals surface area (Å²) in [6.07, 6.45) is 0. The molecule has 0 amide bonds. The second-order valence-corrected chi connectivity index (χ2v) is 4.29. The van der Waals surface area contributed by atoms with Crippen LogP contribution in [0.5, 0.6) is 5.75 Å². The van der Waals surface area contributed by atoms with Gasteiger partial charge in [-0.05, 0) is 18.2 Å². The number of thioether (sulfide) groups is 1. The van der Waals surface area contributed by atoms with Crippen molar-refractivity contribution in [1.29, 1.82) is 0 Å². The predicted octanol–water partition coefficient (Wildman–Crippen LogP) is 1.80. The predicted molar refractivity (Wildman–Crippen MR) is 66.1 cm³/mol. The van der Waals surface area contributed by atoms with E-state index in [0.717, 1.165) is 17.1 Å². The summed E-state index contributed by atoms with van der Waals surface area (Å²) in [7, 11) is 1.62. The largest absolute Gasteiger partial charge is 0.497 e. The van der Waals surface area contributed by atoms with E-state index in [1.54, 1.807) is 7.11 Å². The number of methoxy groups -OCH3 is 1. The number of rotatable bonds is 5. The molecule has 0 aliphatic rings. The van der Waals surface area contributed by atoms with Crippen molar-refractivity contribution >= 4 is 11.8 Å². The van der Waals surface area contributed by atoms with Crippen molar-refractivity contribution < 1.29 is 9.15 Å². The Morgan fingerprint density at radius 1 is 1.41 bits per heavy atom. The summed E-state index contributed by atoms with van der Waals surface area (Å²) in [6.45, 7) is 0.585. The van der Waals surface area contributed by atoms with Crippen molar-refractivity contribution in [3.8, 4) is 17.2 Å². The van der Waals surface area contributed by atoms with Crippen LogP contribution < -0.4 is 10.5 Å². The first-order chi connectivity index (χ1) is 8.33. The lowest BCUT2D eigenvalue weighted by Gasteiger charge is -1.99. The topological polar surface area (TPSA) is 74.2 Å². The zero-order chi connectivity index (χ0) is 12.1. The molecular formula is C11H13N3O2S. The van der Waals surface area contributed by atoms with Crippen LogP contribution in [0.4, 0.5) is 0 Å². The summed E-state index contributed by atoms with van der Waals surface area (Å²) in [5, 5.41) is 8.45. The molecule has 0 unspecified atom stereocenters. The minimum absolute atomic E-state index is 0.489. The van der Waals surface area contributed by atoms with E-state index in [-0.39, 0.29) is 0 Å². The van der Waals surface area contributed by atoms with Crippen LogP contribution >= 0.6 is 11.8 Å². The summed E-state index contributed by atoms with van der Waals surface area (Å²) >= 11 is 1.45. The van der Waals surface area contributed by atoms with Gasteiger partial charge >= 0.3 is 0 Å². The summed E-state index contributed by atoms with van der Waals surface area (Å²) < 4.78 is 10.6. The summed E-state index contributed by atoms with van der Waals surface area (Å²) in [4.78, 5) is 0. The second-order valence-electron chi connectivity index (χ2n) is 3.24. The van der Waals surface area contributed by atoms with E-state index in [1.807, 2.05) is 24.3 Å². The molecule has 90 valence electrons. The van der Waals surface area contributed by atoms with E-state index < -0.39 is 0 Å². The molecule has 0 saturated carbocycles. The van der Waals surface area contributed by atoms with Crippen LogP contribution in [0.25, 0.3) is 11.5 Å². The summed E-state index contributed by atoms with van der Waals surface area (Å²) in [5.74, 6) is 2.01. The lowest BCUT2D eigenvalue weighted by molar-refractivity contribution is 0.414. The number of ether oxygens (including phenoxy) is 1. The van der Waals surface area contributed by atoms with Gasteiger partial charge in [-0.15, -0.1) is 10.2 Å². The highest BCUT2D eigenvalue weighted by Gasteiger charge is 2.09. The fourth-order valence-corrected chi connectivity index (χ4v) is 1.82. The van der Waals surface area contributed by atoms with Crippen LogP contribution in [-0.2, 0) is 0 Å². The van der Waals surface area contributed by atoms with Gasteiger partial charge in [-0.1, -0.05) is 17.8 Å². The molecular weight excluding hydrogens is 238 g/mol. The molecule has 0 saturated heterocycles. The van der Waals surface area contributed by atoms with Crippen LogP contribution in [-0.4, -0.2) is 29.6 Å². The fourth-order valence-electron chi connectivity index (χ4n) is 1.29. The van der Waals surface area contributed by atoms with Gasteiger partial charge in [-0.2, -0.15) is 0 Å². The molecule has 0 radical (unpaired) electrons. The first kappa shape index (κ1) is 11.9. The zero-order valence-electron chi connectivity index (χ0n) is 9.42. The molecule has 1 aromatic heterocycles. The molecule has 1 heterocycles. The Labute approximate surface area is 103 Å². The molecule has 2 N–H and O–H groups in total. The molecule has 0 fully saturated rings. The Balaban J connectivity index is 2.18. The minimum Gasteiger partial charge on any atom is -0.497 e. The number of nitrogens with zero attached hydrogens (tertiary/aromatic N) is 2. The Bertz CT molecular complexity index is 487. The van der Waals surface area contributed by atoms with Gasteiger partial charge in [-0.25, -0.2) is 0 Å². The number of aromatic nitrogens is 2. The minimum atomic E-state index is 0.489. The third kappa shape index (κ3) is 2.98. The Kier molecular flexibility index (Phi) is 4.00. The zero-order valence-corrected chi connectivity index (χ0v) is 10.2. The lowest BCUT2D eigenvalue weighted by Crippen LogP contribution is -2.00. The van der Waals surface area contributed by atoms with Gasteiger partial charge in [0.2, 0.25) is 5.89 Å². The maximum absolute atomic E-state index is 5.50. The molecule has 2 aromatic rings. The van der Waals surface area contributed by atoms with Crippen molar-refractivity contribution in [3.05, 3.63) is 24.3 Å². The molecule has 0 aliphatic carbocycles. The van der Waals surface area contributed by atoms with Crippen molar-refractivity contribution in [2.45, 2.75) is 5.22 Å². The van der Waals surface area contributed by atoms with E-state index >= 15 is 0 Å². The van der Waals surface area contributed by atoms with Crippen LogP contribution in [0.3, 0.4) is 0 Å². The molecule has 6 heteroatoms. The molecule has 0 bridgehead atoms. The highest BCUT2D eigenvalue weighted by molar-refractivity contribution is 7.99. The van der Waals surface area contributed by atoms with Crippen LogP contribution in [0.15, 0.2) is 33.9 Å². The Morgan fingerprint density at radius 3 is 3.06 bits per heavy atom. The number of benzene rings is 1. The van der Waals surface area contributed by atoms with Gasteiger partial charge in [0.15, 0.2) is 0 Å². The molecule has 1 aromatic carbocycles. The van der Waals surface area contributed by atoms with Gasteiger partial charge in [0, 0.05) is 17.9 Å². The molecule has 5 nitrogen and oxygen atoms in total. The van der Waals surface area contributed by atoms with Crippen molar-refractivity contribution in [2.24, 2.45) is 5.73 Å². The molecule has 0 spiro atoms. The van der Waals surface area contributed by atoms with Crippen molar-refractivity contribution in [3.63, 3.8) is 0 Å². The molecule has 17 heavy (non-hydrogen) atoms. The molecule has 2 rings (SSSR count). The van der Waals surface area contributed by atoms with Gasteiger partial charge in [0.25, 0.3) is 5.22 Å². The second kappa shape index (κ2) is 5.70. The first-order valence-corrected chi connectivity index (χ1v) is 6.13. The Hall–Kier alpha value is -1.53. The maximum atomic E-state index is 5.50. The van der Waals surface area contributed by atoms with E-state index in [9.17, 15) is 0 Å². The van der Waals surface area contributed by atoms with Crippen molar-refractivity contribution in [1.82, 2.24) is 10.2 Å². The van der Waals surface area contributed by atoms with Crippen LogP contribution in [0.2, 0.25) is 0 Å². The smallest absolute Gasteiger partial charge is 0.276 e. The van der Waals surface area contributed by atoms with Gasteiger partial charge in [-0.3, -0.25) is 0 Å². The van der Waals surface area contributed by atoms with Crippen LogP contribution in [0.1, 0.15) is 0 Å². The standard InChI is InChI=1S/C11H13N3O2S/c1-15-9-4-2-3-8(7-9)10-13-14-11(16-10)17-6-5-12/h2-4,7H,5-6,12H2,1H3.